The highest BCUT2D eigenvalue weighted by Crippen LogP contribution is 2.33. The molecule has 29 heavy (non-hydrogen) atoms. The fourth-order valence-corrected chi connectivity index (χ4v) is 4.03. The van der Waals surface area contributed by atoms with Crippen LogP contribution in [0.5, 0.6) is 0 Å². The Morgan fingerprint density at radius 2 is 1.86 bits per heavy atom. The number of amidine groups is 1. The summed E-state index contributed by atoms with van der Waals surface area (Å²) in [6, 6.07) is 15.5. The zero-order valence-electron chi connectivity index (χ0n) is 15.8. The van der Waals surface area contributed by atoms with Crippen molar-refractivity contribution < 1.29 is 4.79 Å². The summed E-state index contributed by atoms with van der Waals surface area (Å²) in [5.74, 6) is 0.525. The Bertz CT molecular complexity index is 1050. The highest BCUT2D eigenvalue weighted by atomic mass is 35.5. The third-order valence-corrected chi connectivity index (χ3v) is 5.50. The summed E-state index contributed by atoms with van der Waals surface area (Å²) in [6.45, 7) is 3.88. The zero-order chi connectivity index (χ0) is 19.8. The first-order chi connectivity index (χ1) is 14.2. The van der Waals surface area contributed by atoms with Gasteiger partial charge in [0.05, 0.1) is 17.9 Å². The molecule has 0 radical (unpaired) electrons. The molecule has 1 N–H and O–H groups in total. The van der Waals surface area contributed by atoms with Gasteiger partial charge in [0.15, 0.2) is 0 Å². The summed E-state index contributed by atoms with van der Waals surface area (Å²) in [4.78, 5) is 26.6. The SMILES string of the molecule is O=C1/C(=C\N2CCNCC2)N=C2CN=C(c3ccccc3)c3cc(Cl)ccc3N12. The van der Waals surface area contributed by atoms with Crippen LogP contribution < -0.4 is 10.2 Å². The molecule has 0 spiro atoms. The lowest BCUT2D eigenvalue weighted by molar-refractivity contribution is -0.114. The van der Waals surface area contributed by atoms with Crippen molar-refractivity contribution >= 4 is 34.7 Å². The molecular weight excluding hydrogens is 386 g/mol. The smallest absolute Gasteiger partial charge is 0.284 e. The number of amides is 1. The fraction of sp³-hybridized carbons (Fsp3) is 0.227. The van der Waals surface area contributed by atoms with E-state index in [0.29, 0.717) is 23.1 Å². The van der Waals surface area contributed by atoms with Crippen LogP contribution in [0.1, 0.15) is 11.1 Å². The Balaban J connectivity index is 1.59. The number of benzene rings is 2. The Morgan fingerprint density at radius 3 is 2.66 bits per heavy atom. The lowest BCUT2D eigenvalue weighted by Gasteiger charge is -2.26. The number of carbonyl (C=O) groups is 1. The molecule has 3 aliphatic rings. The standard InChI is InChI=1S/C22H20ClN5O/c23-16-6-7-19-17(12-16)21(15-4-2-1-3-5-15)25-13-20-26-18(22(29)28(19)20)14-27-10-8-24-9-11-27/h1-7,12,14,24H,8-11,13H2/b18-14+. The van der Waals surface area contributed by atoms with E-state index in [9.17, 15) is 4.79 Å². The van der Waals surface area contributed by atoms with Crippen molar-refractivity contribution in [1.82, 2.24) is 10.2 Å². The van der Waals surface area contributed by atoms with Crippen molar-refractivity contribution in [3.8, 4) is 0 Å². The van der Waals surface area contributed by atoms with E-state index in [1.54, 1.807) is 11.0 Å². The molecule has 3 aliphatic heterocycles. The van der Waals surface area contributed by atoms with E-state index in [4.69, 9.17) is 16.6 Å². The van der Waals surface area contributed by atoms with Gasteiger partial charge in [-0.3, -0.25) is 14.7 Å². The summed E-state index contributed by atoms with van der Waals surface area (Å²) in [7, 11) is 0. The highest BCUT2D eigenvalue weighted by molar-refractivity contribution is 6.34. The van der Waals surface area contributed by atoms with Crippen molar-refractivity contribution in [3.63, 3.8) is 0 Å². The van der Waals surface area contributed by atoms with E-state index in [1.807, 2.05) is 48.7 Å². The van der Waals surface area contributed by atoms with Crippen LogP contribution >= 0.6 is 11.6 Å². The van der Waals surface area contributed by atoms with Crippen molar-refractivity contribution in [2.45, 2.75) is 0 Å². The van der Waals surface area contributed by atoms with Crippen LogP contribution in [0.4, 0.5) is 5.69 Å². The molecule has 2 aromatic rings. The molecule has 5 rings (SSSR count). The number of rotatable bonds is 2. The van der Waals surface area contributed by atoms with Crippen molar-refractivity contribution in [3.05, 3.63) is 76.6 Å². The van der Waals surface area contributed by atoms with Gasteiger partial charge in [0.2, 0.25) is 0 Å². The molecule has 0 aliphatic carbocycles. The van der Waals surface area contributed by atoms with Crippen LogP contribution in [-0.4, -0.2) is 55.1 Å². The number of halogens is 1. The van der Waals surface area contributed by atoms with Crippen molar-refractivity contribution in [2.24, 2.45) is 9.98 Å². The molecule has 0 bridgehead atoms. The van der Waals surface area contributed by atoms with Gasteiger partial charge in [-0.2, -0.15) is 0 Å². The van der Waals surface area contributed by atoms with Crippen LogP contribution in [0.3, 0.4) is 0 Å². The van der Waals surface area contributed by atoms with Crippen molar-refractivity contribution in [2.75, 3.05) is 37.6 Å². The molecule has 2 aromatic carbocycles. The minimum Gasteiger partial charge on any atom is -0.373 e. The third kappa shape index (κ3) is 3.34. The third-order valence-electron chi connectivity index (χ3n) is 5.27. The molecule has 1 fully saturated rings. The van der Waals surface area contributed by atoms with Gasteiger partial charge in [-0.25, -0.2) is 4.99 Å². The van der Waals surface area contributed by atoms with Gasteiger partial charge < -0.3 is 10.2 Å². The van der Waals surface area contributed by atoms with Crippen LogP contribution in [0, 0.1) is 0 Å². The van der Waals surface area contributed by atoms with Gasteiger partial charge in [0.25, 0.3) is 5.91 Å². The van der Waals surface area contributed by atoms with E-state index in [0.717, 1.165) is 48.7 Å². The molecule has 0 aromatic heterocycles. The van der Waals surface area contributed by atoms with Gasteiger partial charge in [0.1, 0.15) is 11.5 Å². The molecular formula is C22H20ClN5O. The molecule has 7 heteroatoms. The molecule has 3 heterocycles. The second kappa shape index (κ2) is 7.46. The maximum atomic E-state index is 13.3. The first-order valence-corrected chi connectivity index (χ1v) is 10.1. The average molecular weight is 406 g/mol. The van der Waals surface area contributed by atoms with E-state index in [2.05, 4.69) is 15.2 Å². The number of piperazine rings is 1. The molecule has 146 valence electrons. The predicted molar refractivity (Wildman–Crippen MR) is 116 cm³/mol. The summed E-state index contributed by atoms with van der Waals surface area (Å²) in [5.41, 5.74) is 3.87. The number of fused-ring (bicyclic) bond motifs is 3. The van der Waals surface area contributed by atoms with Gasteiger partial charge in [-0.05, 0) is 18.2 Å². The lowest BCUT2D eigenvalue weighted by Crippen LogP contribution is -2.41. The Morgan fingerprint density at radius 1 is 1.07 bits per heavy atom. The monoisotopic (exact) mass is 405 g/mol. The first-order valence-electron chi connectivity index (χ1n) is 9.69. The highest BCUT2D eigenvalue weighted by Gasteiger charge is 2.35. The Hall–Kier alpha value is -2.96. The van der Waals surface area contributed by atoms with E-state index in [1.165, 1.54) is 0 Å². The normalized spacial score (nSPS) is 20.2. The molecule has 6 nitrogen and oxygen atoms in total. The minimum atomic E-state index is -0.119. The topological polar surface area (TPSA) is 60.3 Å². The maximum absolute atomic E-state index is 13.3. The summed E-state index contributed by atoms with van der Waals surface area (Å²) in [5, 5.41) is 3.92. The quantitative estimate of drug-likeness (QED) is 0.781. The minimum absolute atomic E-state index is 0.119. The number of hydrogen-bond acceptors (Lipinski definition) is 5. The van der Waals surface area contributed by atoms with Gasteiger partial charge >= 0.3 is 0 Å². The number of carbonyl (C=O) groups excluding carboxylic acids is 1. The van der Waals surface area contributed by atoms with E-state index in [-0.39, 0.29) is 5.91 Å². The van der Waals surface area contributed by atoms with Crippen molar-refractivity contribution in [1.29, 1.82) is 0 Å². The Labute approximate surface area is 174 Å². The number of nitrogens with one attached hydrogen (secondary N) is 1. The van der Waals surface area contributed by atoms with E-state index < -0.39 is 0 Å². The van der Waals surface area contributed by atoms with Crippen LogP contribution in [-0.2, 0) is 4.79 Å². The lowest BCUT2D eigenvalue weighted by atomic mass is 10.00. The first kappa shape index (κ1) is 18.1. The maximum Gasteiger partial charge on any atom is 0.284 e. The van der Waals surface area contributed by atoms with E-state index >= 15 is 0 Å². The number of anilines is 1. The second-order valence-electron chi connectivity index (χ2n) is 7.16. The average Bonchev–Trinajstić information content (AvgIpc) is 2.96. The predicted octanol–water partition coefficient (Wildman–Crippen LogP) is 2.68. The molecule has 0 atom stereocenters. The number of aliphatic imine (C=N–C) groups is 2. The molecule has 1 saturated heterocycles. The van der Waals surface area contributed by atoms with Gasteiger partial charge in [-0.1, -0.05) is 41.9 Å². The van der Waals surface area contributed by atoms with Crippen LogP contribution in [0.25, 0.3) is 0 Å². The zero-order valence-corrected chi connectivity index (χ0v) is 16.6. The molecule has 0 saturated carbocycles. The summed E-state index contributed by atoms with van der Waals surface area (Å²) >= 11 is 6.31. The fourth-order valence-electron chi connectivity index (χ4n) is 3.86. The second-order valence-corrected chi connectivity index (χ2v) is 7.60. The van der Waals surface area contributed by atoms with Gasteiger partial charge in [0, 0.05) is 48.5 Å². The number of hydrogen-bond donors (Lipinski definition) is 1. The molecule has 1 amide bonds. The van der Waals surface area contributed by atoms with Gasteiger partial charge in [-0.15, -0.1) is 0 Å². The van der Waals surface area contributed by atoms with Crippen LogP contribution in [0.2, 0.25) is 5.02 Å². The Kier molecular flexibility index (Phi) is 4.66. The number of nitrogens with zero attached hydrogens (tertiary/aromatic N) is 4. The largest absolute Gasteiger partial charge is 0.373 e. The van der Waals surface area contributed by atoms with Crippen LogP contribution in [0.15, 0.2) is 70.4 Å². The summed E-state index contributed by atoms with van der Waals surface area (Å²) in [6.07, 6.45) is 1.88. The summed E-state index contributed by atoms with van der Waals surface area (Å²) < 4.78 is 0. The molecule has 0 unspecified atom stereocenters.